The Morgan fingerprint density at radius 3 is 2.65 bits per heavy atom. The lowest BCUT2D eigenvalue weighted by atomic mass is 10.3. The van der Waals surface area contributed by atoms with Gasteiger partial charge in [0.1, 0.15) is 5.82 Å². The van der Waals surface area contributed by atoms with Crippen LogP contribution in [0.25, 0.3) is 0 Å². The maximum atomic E-state index is 6.00. The van der Waals surface area contributed by atoms with Crippen LogP contribution in [0.1, 0.15) is 0 Å². The van der Waals surface area contributed by atoms with E-state index >= 15 is 0 Å². The maximum Gasteiger partial charge on any atom is 0.144 e. The molecule has 0 fully saturated rings. The topological polar surface area (TPSA) is 24.9 Å². The number of nitrogens with zero attached hydrogens (tertiary/aromatic N) is 1. The molecule has 1 aromatic carbocycles. The lowest BCUT2D eigenvalue weighted by molar-refractivity contribution is 1.29. The van der Waals surface area contributed by atoms with Gasteiger partial charge in [0, 0.05) is 6.20 Å². The lowest BCUT2D eigenvalue weighted by Gasteiger charge is -2.10. The Morgan fingerprint density at radius 2 is 1.94 bits per heavy atom. The van der Waals surface area contributed by atoms with Gasteiger partial charge in [-0.15, -0.1) is 0 Å². The number of aromatic nitrogens is 1. The third-order valence-corrected chi connectivity index (χ3v) is 4.22. The largest absolute Gasteiger partial charge is 0.338 e. The van der Waals surface area contributed by atoms with Crippen LogP contribution in [0.5, 0.6) is 0 Å². The molecule has 1 N–H and O–H groups in total. The average molecular weight is 397 g/mol. The predicted molar refractivity (Wildman–Crippen MR) is 79.4 cm³/mol. The van der Waals surface area contributed by atoms with E-state index in [0.717, 1.165) is 14.6 Å². The van der Waals surface area contributed by atoms with Gasteiger partial charge in [-0.25, -0.2) is 4.98 Å². The van der Waals surface area contributed by atoms with Gasteiger partial charge in [0.05, 0.1) is 24.7 Å². The summed E-state index contributed by atoms with van der Waals surface area (Å²) in [6.07, 6.45) is 1.58. The Kier molecular flexibility index (Phi) is 4.31. The average Bonchev–Trinajstić information content (AvgIpc) is 2.28. The summed E-state index contributed by atoms with van der Waals surface area (Å²) >= 11 is 18.6. The van der Waals surface area contributed by atoms with E-state index in [-0.39, 0.29) is 0 Å². The first-order chi connectivity index (χ1) is 8.08. The maximum absolute atomic E-state index is 6.00. The monoisotopic (exact) mass is 394 g/mol. The first-order valence-corrected chi connectivity index (χ1v) is 6.94. The standard InChI is InChI=1S/C11H6Br2Cl2N2/c12-7-4-6(14)5-16-11(7)17-9-3-1-2-8(15)10(9)13/h1-5H,(H,16,17). The molecule has 1 heterocycles. The van der Waals surface area contributed by atoms with Crippen LogP contribution < -0.4 is 5.32 Å². The van der Waals surface area contributed by atoms with Gasteiger partial charge in [-0.1, -0.05) is 29.3 Å². The molecule has 0 bridgehead atoms. The van der Waals surface area contributed by atoms with Crippen LogP contribution in [0.2, 0.25) is 10.0 Å². The van der Waals surface area contributed by atoms with E-state index in [4.69, 9.17) is 23.2 Å². The summed E-state index contributed by atoms with van der Waals surface area (Å²) in [5.41, 5.74) is 0.841. The predicted octanol–water partition coefficient (Wildman–Crippen LogP) is 5.66. The molecule has 0 radical (unpaired) electrons. The van der Waals surface area contributed by atoms with Gasteiger partial charge in [-0.2, -0.15) is 0 Å². The molecule has 2 rings (SSSR count). The highest BCUT2D eigenvalue weighted by Crippen LogP contribution is 2.33. The van der Waals surface area contributed by atoms with E-state index in [9.17, 15) is 0 Å². The van der Waals surface area contributed by atoms with E-state index < -0.39 is 0 Å². The number of hydrogen-bond donors (Lipinski definition) is 1. The Morgan fingerprint density at radius 1 is 1.18 bits per heavy atom. The van der Waals surface area contributed by atoms with Crippen molar-refractivity contribution in [3.05, 3.63) is 49.5 Å². The second-order valence-corrected chi connectivity index (χ2v) is 5.70. The molecule has 0 spiro atoms. The molecule has 0 aliphatic heterocycles. The zero-order chi connectivity index (χ0) is 12.4. The van der Waals surface area contributed by atoms with Crippen molar-refractivity contribution in [3.63, 3.8) is 0 Å². The quantitative estimate of drug-likeness (QED) is 0.708. The number of nitrogens with one attached hydrogen (secondary N) is 1. The van der Waals surface area contributed by atoms with Crippen LogP contribution in [-0.4, -0.2) is 4.98 Å². The molecule has 0 aliphatic rings. The summed E-state index contributed by atoms with van der Waals surface area (Å²) in [4.78, 5) is 4.19. The molecular weight excluding hydrogens is 391 g/mol. The Hall–Kier alpha value is -0.290. The van der Waals surface area contributed by atoms with E-state index in [2.05, 4.69) is 42.2 Å². The Bertz CT molecular complexity index is 561. The van der Waals surface area contributed by atoms with E-state index in [0.29, 0.717) is 15.9 Å². The molecule has 2 aromatic rings. The third kappa shape index (κ3) is 3.13. The molecular formula is C11H6Br2Cl2N2. The van der Waals surface area contributed by atoms with E-state index in [1.807, 2.05) is 12.1 Å². The molecule has 2 nitrogen and oxygen atoms in total. The molecule has 17 heavy (non-hydrogen) atoms. The highest BCUT2D eigenvalue weighted by atomic mass is 79.9. The first kappa shape index (κ1) is 13.1. The summed E-state index contributed by atoms with van der Waals surface area (Å²) in [6, 6.07) is 7.34. The molecule has 0 unspecified atom stereocenters. The van der Waals surface area contributed by atoms with Crippen molar-refractivity contribution in [1.82, 2.24) is 4.98 Å². The van der Waals surface area contributed by atoms with Crippen LogP contribution in [0.3, 0.4) is 0 Å². The zero-order valence-electron chi connectivity index (χ0n) is 8.35. The smallest absolute Gasteiger partial charge is 0.144 e. The van der Waals surface area contributed by atoms with Crippen molar-refractivity contribution < 1.29 is 0 Å². The van der Waals surface area contributed by atoms with Gasteiger partial charge < -0.3 is 5.32 Å². The minimum Gasteiger partial charge on any atom is -0.338 e. The lowest BCUT2D eigenvalue weighted by Crippen LogP contribution is -1.95. The van der Waals surface area contributed by atoms with Crippen molar-refractivity contribution in [2.45, 2.75) is 0 Å². The molecule has 0 saturated heterocycles. The molecule has 0 saturated carbocycles. The van der Waals surface area contributed by atoms with Crippen LogP contribution in [0.15, 0.2) is 39.4 Å². The SMILES string of the molecule is Clc1cnc(Nc2cccc(Cl)c2Br)c(Br)c1. The van der Waals surface area contributed by atoms with E-state index in [1.165, 1.54) is 0 Å². The van der Waals surface area contributed by atoms with Gasteiger partial charge in [-0.05, 0) is 50.1 Å². The fourth-order valence-corrected chi connectivity index (χ4v) is 2.51. The molecule has 1 aromatic heterocycles. The van der Waals surface area contributed by atoms with Gasteiger partial charge in [-0.3, -0.25) is 0 Å². The minimum atomic E-state index is 0.576. The third-order valence-electron chi connectivity index (χ3n) is 2.01. The van der Waals surface area contributed by atoms with Gasteiger partial charge in [0.15, 0.2) is 0 Å². The van der Waals surface area contributed by atoms with Crippen molar-refractivity contribution in [1.29, 1.82) is 0 Å². The molecule has 88 valence electrons. The van der Waals surface area contributed by atoms with Gasteiger partial charge >= 0.3 is 0 Å². The summed E-state index contributed by atoms with van der Waals surface area (Å²) in [7, 11) is 0. The minimum absolute atomic E-state index is 0.576. The van der Waals surface area contributed by atoms with Crippen molar-refractivity contribution in [2.24, 2.45) is 0 Å². The van der Waals surface area contributed by atoms with Crippen LogP contribution in [0.4, 0.5) is 11.5 Å². The number of rotatable bonds is 2. The van der Waals surface area contributed by atoms with Crippen molar-refractivity contribution >= 4 is 66.6 Å². The molecule has 6 heteroatoms. The summed E-state index contributed by atoms with van der Waals surface area (Å²) in [5.74, 6) is 0.678. The molecule has 0 amide bonds. The summed E-state index contributed by atoms with van der Waals surface area (Å²) in [5, 5.41) is 4.38. The number of hydrogen-bond acceptors (Lipinski definition) is 2. The normalized spacial score (nSPS) is 10.4. The fourth-order valence-electron chi connectivity index (χ4n) is 1.23. The fraction of sp³-hybridized carbons (Fsp3) is 0. The van der Waals surface area contributed by atoms with Crippen molar-refractivity contribution in [3.8, 4) is 0 Å². The number of halogens is 4. The second kappa shape index (κ2) is 5.57. The van der Waals surface area contributed by atoms with Crippen LogP contribution in [0, 0.1) is 0 Å². The highest BCUT2D eigenvalue weighted by Gasteiger charge is 2.07. The summed E-state index contributed by atoms with van der Waals surface area (Å²) < 4.78 is 1.59. The second-order valence-electron chi connectivity index (χ2n) is 3.21. The molecule has 0 atom stereocenters. The number of anilines is 2. The van der Waals surface area contributed by atoms with Crippen molar-refractivity contribution in [2.75, 3.05) is 5.32 Å². The zero-order valence-corrected chi connectivity index (χ0v) is 13.0. The van der Waals surface area contributed by atoms with Crippen LogP contribution in [-0.2, 0) is 0 Å². The van der Waals surface area contributed by atoms with E-state index in [1.54, 1.807) is 18.3 Å². The molecule has 0 aliphatic carbocycles. The Balaban J connectivity index is 2.35. The highest BCUT2D eigenvalue weighted by molar-refractivity contribution is 9.11. The van der Waals surface area contributed by atoms with Gasteiger partial charge in [0.25, 0.3) is 0 Å². The van der Waals surface area contributed by atoms with Crippen LogP contribution >= 0.6 is 55.1 Å². The number of pyridine rings is 1. The van der Waals surface area contributed by atoms with Gasteiger partial charge in [0.2, 0.25) is 0 Å². The number of benzene rings is 1. The summed E-state index contributed by atoms with van der Waals surface area (Å²) in [6.45, 7) is 0. The first-order valence-electron chi connectivity index (χ1n) is 4.60. The Labute approximate surface area is 126 Å².